The van der Waals surface area contributed by atoms with Gasteiger partial charge in [-0.05, 0) is 17.5 Å². The molecule has 0 saturated carbocycles. The van der Waals surface area contributed by atoms with Crippen LogP contribution in [0.4, 0.5) is 11.6 Å². The van der Waals surface area contributed by atoms with Crippen LogP contribution in [0.1, 0.15) is 10.4 Å². The van der Waals surface area contributed by atoms with Crippen molar-refractivity contribution >= 4 is 28.3 Å². The zero-order chi connectivity index (χ0) is 14.7. The minimum absolute atomic E-state index is 0.222. The standard InChI is InChI=1S/C16H14N4O/c1-17-15-12-7-3-2-6-11(12)13(10-19-15)16(21)20-14-8-4-5-9-18-14/h2-10H,1H3,(H,17,19)(H,18,20,21). The van der Waals surface area contributed by atoms with Gasteiger partial charge in [0.2, 0.25) is 0 Å². The van der Waals surface area contributed by atoms with Crippen molar-refractivity contribution in [1.29, 1.82) is 0 Å². The maximum Gasteiger partial charge on any atom is 0.259 e. The van der Waals surface area contributed by atoms with Gasteiger partial charge in [0.05, 0.1) is 5.56 Å². The number of hydrogen-bond acceptors (Lipinski definition) is 4. The van der Waals surface area contributed by atoms with Gasteiger partial charge in [-0.15, -0.1) is 0 Å². The average molecular weight is 278 g/mol. The number of nitrogens with one attached hydrogen (secondary N) is 2. The smallest absolute Gasteiger partial charge is 0.259 e. The molecule has 0 spiro atoms. The van der Waals surface area contributed by atoms with Crippen LogP contribution in [0.25, 0.3) is 10.8 Å². The third-order valence-corrected chi connectivity index (χ3v) is 3.18. The zero-order valence-corrected chi connectivity index (χ0v) is 11.5. The molecule has 104 valence electrons. The van der Waals surface area contributed by atoms with Crippen molar-refractivity contribution in [2.75, 3.05) is 17.7 Å². The highest BCUT2D eigenvalue weighted by atomic mass is 16.1. The molecule has 0 atom stereocenters. The molecular weight excluding hydrogens is 264 g/mol. The monoisotopic (exact) mass is 278 g/mol. The van der Waals surface area contributed by atoms with Gasteiger partial charge in [0, 0.05) is 24.8 Å². The molecular formula is C16H14N4O. The Morgan fingerprint density at radius 3 is 2.48 bits per heavy atom. The second-order valence-corrected chi connectivity index (χ2v) is 4.49. The molecule has 5 heteroatoms. The normalized spacial score (nSPS) is 10.3. The van der Waals surface area contributed by atoms with Crippen LogP contribution in [0.2, 0.25) is 0 Å². The van der Waals surface area contributed by atoms with E-state index >= 15 is 0 Å². The summed E-state index contributed by atoms with van der Waals surface area (Å²) in [6.45, 7) is 0. The molecule has 21 heavy (non-hydrogen) atoms. The fraction of sp³-hybridized carbons (Fsp3) is 0.0625. The summed E-state index contributed by atoms with van der Waals surface area (Å²) >= 11 is 0. The third kappa shape index (κ3) is 2.53. The van der Waals surface area contributed by atoms with Gasteiger partial charge in [0.15, 0.2) is 0 Å². The minimum atomic E-state index is -0.222. The van der Waals surface area contributed by atoms with E-state index < -0.39 is 0 Å². The van der Waals surface area contributed by atoms with E-state index in [1.54, 1.807) is 24.5 Å². The molecule has 1 aromatic carbocycles. The molecule has 3 aromatic rings. The van der Waals surface area contributed by atoms with Crippen molar-refractivity contribution in [2.24, 2.45) is 0 Å². The third-order valence-electron chi connectivity index (χ3n) is 3.18. The molecule has 0 unspecified atom stereocenters. The summed E-state index contributed by atoms with van der Waals surface area (Å²) in [7, 11) is 1.81. The summed E-state index contributed by atoms with van der Waals surface area (Å²) in [6, 6.07) is 13.0. The molecule has 0 aliphatic heterocycles. The van der Waals surface area contributed by atoms with E-state index in [-0.39, 0.29) is 5.91 Å². The first-order chi connectivity index (χ1) is 10.3. The van der Waals surface area contributed by atoms with Crippen LogP contribution in [0.15, 0.2) is 54.9 Å². The molecule has 0 fully saturated rings. The lowest BCUT2D eigenvalue weighted by atomic mass is 10.1. The van der Waals surface area contributed by atoms with Crippen LogP contribution in [0.3, 0.4) is 0 Å². The van der Waals surface area contributed by atoms with Gasteiger partial charge in [0.1, 0.15) is 11.6 Å². The fourth-order valence-electron chi connectivity index (χ4n) is 2.19. The fourth-order valence-corrected chi connectivity index (χ4v) is 2.19. The highest BCUT2D eigenvalue weighted by Gasteiger charge is 2.13. The second kappa shape index (κ2) is 5.58. The number of benzene rings is 1. The Labute approximate surface area is 122 Å². The van der Waals surface area contributed by atoms with Crippen molar-refractivity contribution in [1.82, 2.24) is 9.97 Å². The van der Waals surface area contributed by atoms with E-state index in [1.165, 1.54) is 0 Å². The van der Waals surface area contributed by atoms with Crippen molar-refractivity contribution < 1.29 is 4.79 Å². The van der Waals surface area contributed by atoms with Crippen molar-refractivity contribution in [2.45, 2.75) is 0 Å². The molecule has 1 amide bonds. The molecule has 0 aliphatic carbocycles. The molecule has 0 saturated heterocycles. The van der Waals surface area contributed by atoms with E-state index in [2.05, 4.69) is 20.6 Å². The summed E-state index contributed by atoms with van der Waals surface area (Å²) in [5.41, 5.74) is 0.523. The Kier molecular flexibility index (Phi) is 3.47. The molecule has 2 aromatic heterocycles. The van der Waals surface area contributed by atoms with E-state index in [9.17, 15) is 4.79 Å². The van der Waals surface area contributed by atoms with Gasteiger partial charge in [-0.3, -0.25) is 4.79 Å². The molecule has 0 aliphatic rings. The lowest BCUT2D eigenvalue weighted by molar-refractivity contribution is 0.102. The number of carbonyl (C=O) groups is 1. The number of nitrogens with zero attached hydrogens (tertiary/aromatic N) is 2. The van der Waals surface area contributed by atoms with E-state index in [4.69, 9.17) is 0 Å². The van der Waals surface area contributed by atoms with Gasteiger partial charge in [-0.2, -0.15) is 0 Å². The van der Waals surface area contributed by atoms with Crippen LogP contribution in [0, 0.1) is 0 Å². The number of anilines is 2. The predicted octanol–water partition coefficient (Wildman–Crippen LogP) is 2.92. The topological polar surface area (TPSA) is 66.9 Å². The van der Waals surface area contributed by atoms with Crippen molar-refractivity contribution in [3.8, 4) is 0 Å². The molecule has 2 N–H and O–H groups in total. The number of carbonyl (C=O) groups excluding carboxylic acids is 1. The number of hydrogen-bond donors (Lipinski definition) is 2. The van der Waals surface area contributed by atoms with Crippen LogP contribution < -0.4 is 10.6 Å². The summed E-state index contributed by atoms with van der Waals surface area (Å²) in [5, 5.41) is 7.57. The number of aromatic nitrogens is 2. The molecule has 0 bridgehead atoms. The van der Waals surface area contributed by atoms with Gasteiger partial charge in [-0.25, -0.2) is 9.97 Å². The Morgan fingerprint density at radius 2 is 1.76 bits per heavy atom. The first kappa shape index (κ1) is 13.1. The maximum atomic E-state index is 12.4. The summed E-state index contributed by atoms with van der Waals surface area (Å²) in [5.74, 6) is 1.05. The zero-order valence-electron chi connectivity index (χ0n) is 11.5. The van der Waals surface area contributed by atoms with E-state index in [0.29, 0.717) is 11.4 Å². The van der Waals surface area contributed by atoms with Crippen LogP contribution in [-0.4, -0.2) is 22.9 Å². The number of amides is 1. The van der Waals surface area contributed by atoms with Crippen LogP contribution in [-0.2, 0) is 0 Å². The first-order valence-electron chi connectivity index (χ1n) is 6.57. The second-order valence-electron chi connectivity index (χ2n) is 4.49. The average Bonchev–Trinajstić information content (AvgIpc) is 2.54. The molecule has 2 heterocycles. The first-order valence-corrected chi connectivity index (χ1v) is 6.57. The highest BCUT2D eigenvalue weighted by Crippen LogP contribution is 2.24. The van der Waals surface area contributed by atoms with Crippen molar-refractivity contribution in [3.63, 3.8) is 0 Å². The number of fused-ring (bicyclic) bond motifs is 1. The quantitative estimate of drug-likeness (QED) is 0.773. The Bertz CT molecular complexity index is 787. The van der Waals surface area contributed by atoms with Crippen LogP contribution >= 0.6 is 0 Å². The van der Waals surface area contributed by atoms with Crippen LogP contribution in [0.5, 0.6) is 0 Å². The number of pyridine rings is 2. The van der Waals surface area contributed by atoms with E-state index in [0.717, 1.165) is 16.6 Å². The van der Waals surface area contributed by atoms with Gasteiger partial charge in [0.25, 0.3) is 5.91 Å². The summed E-state index contributed by atoms with van der Waals surface area (Å²) in [6.07, 6.45) is 3.21. The van der Waals surface area contributed by atoms with Gasteiger partial charge >= 0.3 is 0 Å². The van der Waals surface area contributed by atoms with E-state index in [1.807, 2.05) is 37.4 Å². The Morgan fingerprint density at radius 1 is 1.00 bits per heavy atom. The molecule has 3 rings (SSSR count). The Balaban J connectivity index is 2.03. The Hall–Kier alpha value is -2.95. The maximum absolute atomic E-state index is 12.4. The number of rotatable bonds is 3. The largest absolute Gasteiger partial charge is 0.373 e. The highest BCUT2D eigenvalue weighted by molar-refractivity contribution is 6.13. The lowest BCUT2D eigenvalue weighted by Crippen LogP contribution is -2.14. The van der Waals surface area contributed by atoms with Gasteiger partial charge < -0.3 is 10.6 Å². The summed E-state index contributed by atoms with van der Waals surface area (Å²) in [4.78, 5) is 20.8. The predicted molar refractivity (Wildman–Crippen MR) is 83.5 cm³/mol. The summed E-state index contributed by atoms with van der Waals surface area (Å²) < 4.78 is 0. The SMILES string of the molecule is CNc1ncc(C(=O)Nc2ccccn2)c2ccccc12. The van der Waals surface area contributed by atoms with Gasteiger partial charge in [-0.1, -0.05) is 30.3 Å². The minimum Gasteiger partial charge on any atom is -0.373 e. The molecule has 5 nitrogen and oxygen atoms in total. The molecule has 0 radical (unpaired) electrons. The lowest BCUT2D eigenvalue weighted by Gasteiger charge is -2.10. The van der Waals surface area contributed by atoms with Crippen molar-refractivity contribution in [3.05, 3.63) is 60.4 Å².